The Balaban J connectivity index is 1.51. The van der Waals surface area contributed by atoms with E-state index in [1.54, 1.807) is 11.0 Å². The van der Waals surface area contributed by atoms with Gasteiger partial charge in [0, 0.05) is 18.2 Å². The lowest BCUT2D eigenvalue weighted by atomic mass is 10.2. The first-order valence-electron chi connectivity index (χ1n) is 9.21. The molecule has 2 amide bonds. The van der Waals surface area contributed by atoms with E-state index in [-0.39, 0.29) is 24.3 Å². The first kappa shape index (κ1) is 19.0. The van der Waals surface area contributed by atoms with Crippen molar-refractivity contribution in [3.63, 3.8) is 0 Å². The number of rotatable bonds is 5. The number of aliphatic imine (C=N–C) groups is 1. The highest BCUT2D eigenvalue weighted by Crippen LogP contribution is 2.40. The summed E-state index contributed by atoms with van der Waals surface area (Å²) in [6.45, 7) is 1.94. The molecule has 1 saturated heterocycles. The summed E-state index contributed by atoms with van der Waals surface area (Å²) < 4.78 is 0. The number of hydrogen-bond donors (Lipinski definition) is 1. The zero-order chi connectivity index (χ0) is 19.7. The molecule has 0 unspecified atom stereocenters. The molecular weight excluding hydrogens is 394 g/mol. The van der Waals surface area contributed by atoms with Gasteiger partial charge < -0.3 is 5.32 Å². The predicted molar refractivity (Wildman–Crippen MR) is 114 cm³/mol. The van der Waals surface area contributed by atoms with Gasteiger partial charge in [-0.15, -0.1) is 0 Å². The number of para-hydroxylation sites is 2. The van der Waals surface area contributed by atoms with E-state index < -0.39 is 5.25 Å². The van der Waals surface area contributed by atoms with Crippen LogP contribution in [0, 0.1) is 6.92 Å². The van der Waals surface area contributed by atoms with Gasteiger partial charge in [-0.25, -0.2) is 4.99 Å². The Hall–Kier alpha value is -2.31. The normalized spacial score (nSPS) is 20.6. The topological polar surface area (TPSA) is 61.8 Å². The van der Waals surface area contributed by atoms with Crippen LogP contribution in [0.2, 0.25) is 5.02 Å². The molecule has 144 valence electrons. The average Bonchev–Trinajstić information content (AvgIpc) is 3.45. The van der Waals surface area contributed by atoms with Crippen molar-refractivity contribution in [1.82, 2.24) is 4.90 Å². The van der Waals surface area contributed by atoms with Crippen LogP contribution >= 0.6 is 23.4 Å². The molecule has 0 spiro atoms. The molecule has 0 aromatic heterocycles. The van der Waals surface area contributed by atoms with Crippen LogP contribution in [0.4, 0.5) is 11.4 Å². The van der Waals surface area contributed by atoms with Crippen LogP contribution in [0.1, 0.15) is 24.8 Å². The maximum absolute atomic E-state index is 12.9. The Morgan fingerprint density at radius 3 is 2.64 bits per heavy atom. The zero-order valence-corrected chi connectivity index (χ0v) is 17.0. The summed E-state index contributed by atoms with van der Waals surface area (Å²) >= 11 is 7.57. The van der Waals surface area contributed by atoms with Crippen molar-refractivity contribution in [3.8, 4) is 0 Å². The second kappa shape index (κ2) is 7.97. The maximum atomic E-state index is 12.9. The molecule has 2 aromatic rings. The van der Waals surface area contributed by atoms with E-state index in [0.29, 0.717) is 15.9 Å². The molecule has 0 radical (unpaired) electrons. The Morgan fingerprint density at radius 2 is 1.93 bits per heavy atom. The summed E-state index contributed by atoms with van der Waals surface area (Å²) in [6, 6.07) is 15.1. The molecule has 4 rings (SSSR count). The van der Waals surface area contributed by atoms with Gasteiger partial charge in [0.15, 0.2) is 5.17 Å². The van der Waals surface area contributed by atoms with E-state index in [0.717, 1.165) is 24.1 Å². The molecule has 2 fully saturated rings. The number of hydrogen-bond acceptors (Lipinski definition) is 4. The Bertz CT molecular complexity index is 958. The zero-order valence-electron chi connectivity index (χ0n) is 15.4. The van der Waals surface area contributed by atoms with Crippen LogP contribution in [-0.2, 0) is 9.59 Å². The number of halogens is 1. The smallest absolute Gasteiger partial charge is 0.242 e. The van der Waals surface area contributed by atoms with Crippen LogP contribution < -0.4 is 5.32 Å². The molecule has 1 N–H and O–H groups in total. The number of nitrogens with zero attached hydrogens (tertiary/aromatic N) is 2. The first-order chi connectivity index (χ1) is 13.5. The highest BCUT2D eigenvalue weighted by atomic mass is 35.5. The molecule has 1 atom stereocenters. The number of aryl methyl sites for hydroxylation is 1. The molecule has 2 aliphatic rings. The Morgan fingerprint density at radius 1 is 1.21 bits per heavy atom. The van der Waals surface area contributed by atoms with Gasteiger partial charge in [-0.3, -0.25) is 14.5 Å². The SMILES string of the molecule is Cc1ccccc1NC(=O)C[C@H]1SC(=Nc2ccccc2Cl)N(C2CC2)C1=O. The van der Waals surface area contributed by atoms with Gasteiger partial charge in [0.1, 0.15) is 5.25 Å². The van der Waals surface area contributed by atoms with Crippen molar-refractivity contribution in [3.05, 3.63) is 59.1 Å². The van der Waals surface area contributed by atoms with Crippen LogP contribution in [0.3, 0.4) is 0 Å². The highest BCUT2D eigenvalue weighted by molar-refractivity contribution is 8.15. The monoisotopic (exact) mass is 413 g/mol. The van der Waals surface area contributed by atoms with Crippen LogP contribution in [0.15, 0.2) is 53.5 Å². The van der Waals surface area contributed by atoms with Crippen molar-refractivity contribution >= 4 is 51.7 Å². The molecule has 0 bridgehead atoms. The third-order valence-corrected chi connectivity index (χ3v) is 6.21. The fourth-order valence-electron chi connectivity index (χ4n) is 3.09. The number of nitrogens with one attached hydrogen (secondary N) is 1. The second-order valence-corrected chi connectivity index (χ2v) is 8.54. The Kier molecular flexibility index (Phi) is 5.42. The third kappa shape index (κ3) is 4.08. The lowest BCUT2D eigenvalue weighted by molar-refractivity contribution is -0.128. The summed E-state index contributed by atoms with van der Waals surface area (Å²) in [6.07, 6.45) is 2.05. The summed E-state index contributed by atoms with van der Waals surface area (Å²) in [5.74, 6) is -0.215. The molecule has 1 saturated carbocycles. The molecule has 7 heteroatoms. The van der Waals surface area contributed by atoms with E-state index in [4.69, 9.17) is 11.6 Å². The lowest BCUT2D eigenvalue weighted by Crippen LogP contribution is -2.35. The van der Waals surface area contributed by atoms with E-state index >= 15 is 0 Å². The number of benzene rings is 2. The maximum Gasteiger partial charge on any atom is 0.242 e. The number of thioether (sulfide) groups is 1. The molecule has 1 aliphatic carbocycles. The van der Waals surface area contributed by atoms with Gasteiger partial charge in [0.25, 0.3) is 0 Å². The van der Waals surface area contributed by atoms with E-state index in [2.05, 4.69) is 10.3 Å². The average molecular weight is 414 g/mol. The van der Waals surface area contributed by atoms with E-state index in [9.17, 15) is 9.59 Å². The number of anilines is 1. The minimum absolute atomic E-state index is 0.0433. The fraction of sp³-hybridized carbons (Fsp3) is 0.286. The van der Waals surface area contributed by atoms with Gasteiger partial charge in [-0.1, -0.05) is 53.7 Å². The molecule has 28 heavy (non-hydrogen) atoms. The summed E-state index contributed by atoms with van der Waals surface area (Å²) in [5.41, 5.74) is 2.39. The summed E-state index contributed by atoms with van der Waals surface area (Å²) in [4.78, 5) is 31.8. The lowest BCUT2D eigenvalue weighted by Gasteiger charge is -2.15. The van der Waals surface area contributed by atoms with Crippen molar-refractivity contribution < 1.29 is 9.59 Å². The Labute approximate surface area is 173 Å². The summed E-state index contributed by atoms with van der Waals surface area (Å²) in [5, 5.41) is 3.62. The van der Waals surface area contributed by atoms with Crippen molar-refractivity contribution in [2.24, 2.45) is 4.99 Å². The molecule has 1 aliphatic heterocycles. The van der Waals surface area contributed by atoms with E-state index in [1.807, 2.05) is 49.4 Å². The first-order valence-corrected chi connectivity index (χ1v) is 10.5. The van der Waals surface area contributed by atoms with Crippen molar-refractivity contribution in [2.45, 2.75) is 37.5 Å². The van der Waals surface area contributed by atoms with Gasteiger partial charge in [-0.2, -0.15) is 0 Å². The predicted octanol–water partition coefficient (Wildman–Crippen LogP) is 4.77. The minimum atomic E-state index is -0.467. The molecule has 1 heterocycles. The third-order valence-electron chi connectivity index (χ3n) is 4.74. The minimum Gasteiger partial charge on any atom is -0.326 e. The highest BCUT2D eigenvalue weighted by Gasteiger charge is 2.46. The van der Waals surface area contributed by atoms with Gasteiger partial charge in [0.05, 0.1) is 10.7 Å². The molecule has 2 aromatic carbocycles. The quantitative estimate of drug-likeness (QED) is 0.767. The fourth-order valence-corrected chi connectivity index (χ4v) is 4.48. The van der Waals surface area contributed by atoms with Gasteiger partial charge in [-0.05, 0) is 43.5 Å². The summed E-state index contributed by atoms with van der Waals surface area (Å²) in [7, 11) is 0. The van der Waals surface area contributed by atoms with Gasteiger partial charge in [0.2, 0.25) is 11.8 Å². The second-order valence-electron chi connectivity index (χ2n) is 6.96. The number of carbonyl (C=O) groups is 2. The van der Waals surface area contributed by atoms with Crippen molar-refractivity contribution in [1.29, 1.82) is 0 Å². The van der Waals surface area contributed by atoms with Crippen LogP contribution in [0.5, 0.6) is 0 Å². The van der Waals surface area contributed by atoms with Crippen molar-refractivity contribution in [2.75, 3.05) is 5.32 Å². The molecule has 5 nitrogen and oxygen atoms in total. The van der Waals surface area contributed by atoms with Crippen LogP contribution in [0.25, 0.3) is 0 Å². The number of amidine groups is 1. The molecular formula is C21H20ClN3O2S. The number of amides is 2. The largest absolute Gasteiger partial charge is 0.326 e. The standard InChI is InChI=1S/C21H20ClN3O2S/c1-13-6-2-4-8-16(13)23-19(26)12-18-20(27)25(14-10-11-14)21(28-18)24-17-9-5-3-7-15(17)22/h2-9,14,18H,10-12H2,1H3,(H,23,26)/t18-/m1/s1. The van der Waals surface area contributed by atoms with E-state index in [1.165, 1.54) is 11.8 Å². The van der Waals surface area contributed by atoms with Gasteiger partial charge >= 0.3 is 0 Å². The number of carbonyl (C=O) groups excluding carboxylic acids is 2. The van der Waals surface area contributed by atoms with Crippen LogP contribution in [-0.4, -0.2) is 33.2 Å².